The van der Waals surface area contributed by atoms with Crippen LogP contribution in [0.15, 0.2) is 66.2 Å². The average molecular weight is 811 g/mol. The lowest BCUT2D eigenvalue weighted by atomic mass is 9.80. The normalized spacial score (nSPS) is 18.6. The number of carbonyl (C=O) groups is 2. The first-order valence-electron chi connectivity index (χ1n) is 16.8. The second kappa shape index (κ2) is 16.7. The number of hydrogen-bond donors (Lipinski definition) is 2. The van der Waals surface area contributed by atoms with Gasteiger partial charge in [-0.3, -0.25) is 14.5 Å². The van der Waals surface area contributed by atoms with Gasteiger partial charge in [-0.25, -0.2) is 28.1 Å². The zero-order valence-electron chi connectivity index (χ0n) is 29.6. The van der Waals surface area contributed by atoms with Crippen LogP contribution in [0, 0.1) is 17.2 Å². The van der Waals surface area contributed by atoms with E-state index in [0.29, 0.717) is 26.9 Å². The molecular formula is C35H34ClF7N10O3. The number of nitrogens with one attached hydrogen (secondary N) is 1. The Balaban J connectivity index is 0.000000586. The third-order valence-electron chi connectivity index (χ3n) is 9.46. The molecule has 4 aromatic rings. The smallest absolute Gasteiger partial charge is 0.406 e. The summed E-state index contributed by atoms with van der Waals surface area (Å²) >= 11 is 6.36. The number of rotatable bonds is 14. The molecule has 3 N–H and O–H groups in total. The van der Waals surface area contributed by atoms with E-state index in [-0.39, 0.29) is 54.7 Å². The van der Waals surface area contributed by atoms with Gasteiger partial charge < -0.3 is 15.8 Å². The molecule has 298 valence electrons. The van der Waals surface area contributed by atoms with Crippen molar-refractivity contribution >= 4 is 29.9 Å². The molecule has 0 saturated heterocycles. The number of alkyl halides is 7. The molecule has 6 rings (SSSR count). The summed E-state index contributed by atoms with van der Waals surface area (Å²) in [4.78, 5) is 35.3. The Labute approximate surface area is 319 Å². The maximum Gasteiger partial charge on any atom is 0.406 e. The lowest BCUT2D eigenvalue weighted by Gasteiger charge is -2.32. The van der Waals surface area contributed by atoms with E-state index in [2.05, 4.69) is 31.6 Å². The van der Waals surface area contributed by atoms with Crippen molar-refractivity contribution in [2.75, 3.05) is 13.7 Å². The summed E-state index contributed by atoms with van der Waals surface area (Å²) in [5.74, 6) is -1.84. The van der Waals surface area contributed by atoms with E-state index in [4.69, 9.17) is 22.1 Å². The van der Waals surface area contributed by atoms with Crippen LogP contribution in [0.2, 0.25) is 5.02 Å². The quantitative estimate of drug-likeness (QED) is 0.105. The monoisotopic (exact) mass is 810 g/mol. The van der Waals surface area contributed by atoms with Crippen LogP contribution in [-0.4, -0.2) is 73.2 Å². The van der Waals surface area contributed by atoms with Crippen molar-refractivity contribution in [3.63, 3.8) is 0 Å². The van der Waals surface area contributed by atoms with Crippen LogP contribution in [0.25, 0.3) is 16.8 Å². The first-order valence-corrected chi connectivity index (χ1v) is 17.2. The molecule has 1 saturated carbocycles. The fourth-order valence-electron chi connectivity index (χ4n) is 6.34. The number of amides is 1. The summed E-state index contributed by atoms with van der Waals surface area (Å²) in [6.45, 7) is -1.26. The standard InChI is InChI=1S/C30H26ClF4N9O3.C5H8F3N/c1-17(8-9-36)11-30(21-5-2-18(3-6-21)20-12-39-42(13-20)28(34)35)27(46)43(29(37)41-30)24(14-47-16-45)19-4-7-22(31)23(10-19)44-26(25(32)33)38-15-40-44;1-9-4(2-3-4)5(6,7)8/h2-7,10,12-13,15-17,24-25,28H,8,11,14H2,1H3,(H2,37,41);9H,2-3H2,1H3/t17-,24-,30-;/m1./s1. The van der Waals surface area contributed by atoms with Crippen molar-refractivity contribution in [2.45, 2.75) is 68.9 Å². The molecule has 1 amide bonds. The zero-order chi connectivity index (χ0) is 41.0. The fourth-order valence-corrected chi connectivity index (χ4v) is 6.54. The number of nitrogens with two attached hydrogens (primary N) is 1. The number of guanidine groups is 1. The molecule has 0 unspecified atom stereocenters. The lowest BCUT2D eigenvalue weighted by molar-refractivity contribution is -0.164. The molecule has 0 bridgehead atoms. The van der Waals surface area contributed by atoms with Crippen molar-refractivity contribution < 1.29 is 45.1 Å². The molecule has 1 aliphatic heterocycles. The summed E-state index contributed by atoms with van der Waals surface area (Å²) in [6, 6.07) is 11.8. The zero-order valence-corrected chi connectivity index (χ0v) is 30.4. The van der Waals surface area contributed by atoms with E-state index in [9.17, 15) is 45.6 Å². The minimum Gasteiger partial charge on any atom is -0.465 e. The highest BCUT2D eigenvalue weighted by Crippen LogP contribution is 2.48. The van der Waals surface area contributed by atoms with Crippen LogP contribution in [0.3, 0.4) is 0 Å². The molecule has 13 nitrogen and oxygen atoms in total. The lowest BCUT2D eigenvalue weighted by Crippen LogP contribution is -2.46. The first-order chi connectivity index (χ1) is 26.5. The fraction of sp³-hybridized carbons (Fsp3) is 0.400. The van der Waals surface area contributed by atoms with Gasteiger partial charge >= 0.3 is 12.7 Å². The van der Waals surface area contributed by atoms with Crippen molar-refractivity contribution in [3.8, 4) is 22.9 Å². The van der Waals surface area contributed by atoms with Gasteiger partial charge in [-0.05, 0) is 61.1 Å². The highest BCUT2D eigenvalue weighted by molar-refractivity contribution is 6.32. The number of ether oxygens (including phenoxy) is 1. The van der Waals surface area contributed by atoms with Crippen molar-refractivity contribution in [1.29, 1.82) is 5.26 Å². The number of halogens is 8. The van der Waals surface area contributed by atoms with Gasteiger partial charge in [0.2, 0.25) is 0 Å². The highest BCUT2D eigenvalue weighted by Gasteiger charge is 2.62. The summed E-state index contributed by atoms with van der Waals surface area (Å²) in [5, 5.41) is 19.2. The second-order valence-electron chi connectivity index (χ2n) is 13.1. The second-order valence-corrected chi connectivity index (χ2v) is 13.5. The SMILES string of the molecule is CNC1(C(F)(F)F)CC1.C[C@H](CC#N)C[C@]1(c2ccc(-c3cnn(C(F)F)c3)cc2)N=C(N)N([C@H](COC=O)c2ccc(Cl)c(-n3ncnc3C(F)F)c2)C1=O. The van der Waals surface area contributed by atoms with E-state index in [0.717, 1.165) is 15.9 Å². The Morgan fingerprint density at radius 3 is 2.34 bits per heavy atom. The molecule has 2 aliphatic rings. The van der Waals surface area contributed by atoms with Crippen LogP contribution in [-0.2, 0) is 19.9 Å². The summed E-state index contributed by atoms with van der Waals surface area (Å²) in [7, 11) is 1.35. The van der Waals surface area contributed by atoms with Gasteiger partial charge in [-0.15, -0.1) is 0 Å². The van der Waals surface area contributed by atoms with Gasteiger partial charge in [-0.1, -0.05) is 48.9 Å². The maximum atomic E-state index is 14.6. The van der Waals surface area contributed by atoms with Gasteiger partial charge in [0, 0.05) is 18.2 Å². The minimum absolute atomic E-state index is 0.0230. The van der Waals surface area contributed by atoms with Crippen LogP contribution in [0.5, 0.6) is 0 Å². The molecule has 1 aliphatic carbocycles. The van der Waals surface area contributed by atoms with Crippen LogP contribution < -0.4 is 11.1 Å². The molecular weight excluding hydrogens is 777 g/mol. The number of carbonyl (C=O) groups excluding carboxylic acids is 2. The van der Waals surface area contributed by atoms with E-state index in [1.54, 1.807) is 31.2 Å². The number of nitriles is 1. The van der Waals surface area contributed by atoms with Gasteiger partial charge in [0.1, 0.15) is 18.5 Å². The predicted octanol–water partition coefficient (Wildman–Crippen LogP) is 6.62. The van der Waals surface area contributed by atoms with Crippen molar-refractivity contribution in [3.05, 3.63) is 83.2 Å². The number of aromatic nitrogens is 5. The first kappa shape index (κ1) is 41.6. The average Bonchev–Trinajstić information content (AvgIpc) is 3.45. The minimum atomic E-state index is -4.05. The van der Waals surface area contributed by atoms with E-state index >= 15 is 0 Å². The topological polar surface area (TPSA) is 169 Å². The van der Waals surface area contributed by atoms with Gasteiger partial charge in [0.05, 0.1) is 29.0 Å². The molecule has 3 heterocycles. The molecule has 2 aromatic heterocycles. The van der Waals surface area contributed by atoms with E-state index < -0.39 is 54.6 Å². The Morgan fingerprint density at radius 2 is 1.80 bits per heavy atom. The maximum absolute atomic E-state index is 14.6. The van der Waals surface area contributed by atoms with Crippen molar-refractivity contribution in [2.24, 2.45) is 16.6 Å². The van der Waals surface area contributed by atoms with Crippen LogP contribution in [0.1, 0.15) is 68.6 Å². The number of benzene rings is 2. The summed E-state index contributed by atoms with van der Waals surface area (Å²) in [6.07, 6.45) is -3.00. The third kappa shape index (κ3) is 8.33. The highest BCUT2D eigenvalue weighted by atomic mass is 35.5. The Kier molecular flexibility index (Phi) is 12.4. The van der Waals surface area contributed by atoms with Crippen LogP contribution in [0.4, 0.5) is 30.7 Å². The molecule has 2 aromatic carbocycles. The summed E-state index contributed by atoms with van der Waals surface area (Å²) in [5.41, 5.74) is 4.96. The van der Waals surface area contributed by atoms with Crippen LogP contribution >= 0.6 is 11.6 Å². The van der Waals surface area contributed by atoms with E-state index in [1.807, 2.05) is 0 Å². The molecule has 56 heavy (non-hydrogen) atoms. The number of nitrogens with zero attached hydrogens (tertiary/aromatic N) is 8. The van der Waals surface area contributed by atoms with Gasteiger partial charge in [0.15, 0.2) is 17.3 Å². The number of aliphatic imine (C=N–C) groups is 1. The Morgan fingerprint density at radius 1 is 1.11 bits per heavy atom. The summed E-state index contributed by atoms with van der Waals surface area (Å²) < 4.78 is 95.4. The van der Waals surface area contributed by atoms with Crippen molar-refractivity contribution in [1.82, 2.24) is 34.8 Å². The number of hydrogen-bond acceptors (Lipinski definition) is 10. The molecule has 1 fully saturated rings. The molecule has 0 spiro atoms. The molecule has 3 atom stereocenters. The predicted molar refractivity (Wildman–Crippen MR) is 186 cm³/mol. The Hall–Kier alpha value is -5.55. The molecule has 0 radical (unpaired) electrons. The van der Waals surface area contributed by atoms with E-state index in [1.165, 1.54) is 37.6 Å². The van der Waals surface area contributed by atoms with Gasteiger partial charge in [0.25, 0.3) is 18.8 Å². The van der Waals surface area contributed by atoms with Gasteiger partial charge in [-0.2, -0.15) is 37.4 Å². The third-order valence-corrected chi connectivity index (χ3v) is 9.78. The Bertz CT molecular complexity index is 2100. The molecule has 21 heteroatoms. The largest absolute Gasteiger partial charge is 0.465 e.